The minimum absolute atomic E-state index is 0.0462. The molecule has 0 spiro atoms. The SMILES string of the molecule is CC(Oc1ccc(Cl)cc1)C1CN(C(=O)OC(C)(C)C)C1. The molecule has 1 aliphatic rings. The van der Waals surface area contributed by atoms with Crippen LogP contribution in [0.5, 0.6) is 5.75 Å². The molecular weight excluding hydrogens is 290 g/mol. The van der Waals surface area contributed by atoms with Crippen LogP contribution < -0.4 is 4.74 Å². The van der Waals surface area contributed by atoms with Gasteiger partial charge in [-0.05, 0) is 52.0 Å². The molecule has 0 saturated carbocycles. The maximum Gasteiger partial charge on any atom is 0.410 e. The van der Waals surface area contributed by atoms with Gasteiger partial charge in [-0.2, -0.15) is 0 Å². The van der Waals surface area contributed by atoms with Crippen molar-refractivity contribution in [2.24, 2.45) is 5.92 Å². The number of nitrogens with zero attached hydrogens (tertiary/aromatic N) is 1. The maximum absolute atomic E-state index is 11.9. The first kappa shape index (κ1) is 16.0. The first-order chi connectivity index (χ1) is 9.74. The van der Waals surface area contributed by atoms with Gasteiger partial charge in [0.15, 0.2) is 0 Å². The zero-order valence-corrected chi connectivity index (χ0v) is 13.7. The van der Waals surface area contributed by atoms with Crippen LogP contribution in [0, 0.1) is 5.92 Å². The Balaban J connectivity index is 1.78. The molecule has 2 rings (SSSR count). The minimum atomic E-state index is -0.451. The van der Waals surface area contributed by atoms with E-state index in [1.54, 1.807) is 17.0 Å². The van der Waals surface area contributed by atoms with E-state index < -0.39 is 5.60 Å². The van der Waals surface area contributed by atoms with E-state index in [0.717, 1.165) is 5.75 Å². The molecule has 1 heterocycles. The van der Waals surface area contributed by atoms with Gasteiger partial charge in [0.05, 0.1) is 0 Å². The Morgan fingerprint density at radius 3 is 2.38 bits per heavy atom. The third kappa shape index (κ3) is 4.53. The van der Waals surface area contributed by atoms with Gasteiger partial charge in [0.25, 0.3) is 0 Å². The fourth-order valence-corrected chi connectivity index (χ4v) is 2.24. The second-order valence-electron chi connectivity index (χ2n) is 6.42. The first-order valence-electron chi connectivity index (χ1n) is 7.15. The summed E-state index contributed by atoms with van der Waals surface area (Å²) in [5.74, 6) is 1.12. The van der Waals surface area contributed by atoms with Crippen molar-refractivity contribution in [3.63, 3.8) is 0 Å². The van der Waals surface area contributed by atoms with E-state index in [9.17, 15) is 4.79 Å². The molecule has 0 radical (unpaired) electrons. The molecule has 5 heteroatoms. The fourth-order valence-electron chi connectivity index (χ4n) is 2.11. The van der Waals surface area contributed by atoms with Gasteiger partial charge >= 0.3 is 6.09 Å². The summed E-state index contributed by atoms with van der Waals surface area (Å²) in [6.45, 7) is 8.97. The summed E-state index contributed by atoms with van der Waals surface area (Å²) >= 11 is 5.84. The van der Waals surface area contributed by atoms with E-state index in [4.69, 9.17) is 21.1 Å². The molecule has 1 fully saturated rings. The predicted octanol–water partition coefficient (Wildman–Crippen LogP) is 3.97. The summed E-state index contributed by atoms with van der Waals surface area (Å²) in [6, 6.07) is 7.31. The topological polar surface area (TPSA) is 38.8 Å². The lowest BCUT2D eigenvalue weighted by Crippen LogP contribution is -2.55. The van der Waals surface area contributed by atoms with Crippen molar-refractivity contribution >= 4 is 17.7 Å². The number of carbonyl (C=O) groups excluding carboxylic acids is 1. The van der Waals surface area contributed by atoms with Crippen LogP contribution in [-0.2, 0) is 4.74 Å². The third-order valence-corrected chi connectivity index (χ3v) is 3.61. The average molecular weight is 312 g/mol. The number of ether oxygens (including phenoxy) is 2. The molecule has 4 nitrogen and oxygen atoms in total. The number of rotatable bonds is 3. The van der Waals surface area contributed by atoms with Crippen molar-refractivity contribution in [2.45, 2.75) is 39.4 Å². The summed E-state index contributed by atoms with van der Waals surface area (Å²) in [7, 11) is 0. The van der Waals surface area contributed by atoms with E-state index in [0.29, 0.717) is 24.0 Å². The molecule has 1 saturated heterocycles. The highest BCUT2D eigenvalue weighted by molar-refractivity contribution is 6.30. The number of amides is 1. The van der Waals surface area contributed by atoms with Gasteiger partial charge in [-0.15, -0.1) is 0 Å². The number of halogens is 1. The van der Waals surface area contributed by atoms with E-state index >= 15 is 0 Å². The summed E-state index contributed by atoms with van der Waals surface area (Å²) in [5.41, 5.74) is -0.451. The Bertz CT molecular complexity index is 489. The highest BCUT2D eigenvalue weighted by atomic mass is 35.5. The standard InChI is InChI=1S/C16H22ClNO3/c1-11(20-14-7-5-13(17)6-8-14)12-9-18(10-12)15(19)21-16(2,3)4/h5-8,11-12H,9-10H2,1-4H3. The van der Waals surface area contributed by atoms with Crippen LogP contribution in [0.1, 0.15) is 27.7 Å². The van der Waals surface area contributed by atoms with E-state index in [-0.39, 0.29) is 12.2 Å². The predicted molar refractivity (Wildman–Crippen MR) is 82.8 cm³/mol. The van der Waals surface area contributed by atoms with Crippen molar-refractivity contribution in [1.29, 1.82) is 0 Å². The zero-order chi connectivity index (χ0) is 15.6. The number of carbonyl (C=O) groups is 1. The van der Waals surface area contributed by atoms with E-state index in [2.05, 4.69) is 0 Å². The normalized spacial score (nSPS) is 17.1. The first-order valence-corrected chi connectivity index (χ1v) is 7.52. The van der Waals surface area contributed by atoms with E-state index in [1.807, 2.05) is 39.8 Å². The highest BCUT2D eigenvalue weighted by Gasteiger charge is 2.37. The Labute approximate surface area is 131 Å². The summed E-state index contributed by atoms with van der Waals surface area (Å²) in [4.78, 5) is 13.6. The molecule has 1 aliphatic heterocycles. The molecule has 1 aromatic rings. The molecule has 0 aromatic heterocycles. The highest BCUT2D eigenvalue weighted by Crippen LogP contribution is 2.25. The van der Waals surface area contributed by atoms with Crippen molar-refractivity contribution in [3.05, 3.63) is 29.3 Å². The molecule has 0 aliphatic carbocycles. The fraction of sp³-hybridized carbons (Fsp3) is 0.562. The Morgan fingerprint density at radius 1 is 1.29 bits per heavy atom. The summed E-state index contributed by atoms with van der Waals surface area (Å²) < 4.78 is 11.2. The minimum Gasteiger partial charge on any atom is -0.490 e. The van der Waals surface area contributed by atoms with E-state index in [1.165, 1.54) is 0 Å². The van der Waals surface area contributed by atoms with Crippen LogP contribution in [0.15, 0.2) is 24.3 Å². The van der Waals surface area contributed by atoms with Gasteiger partial charge < -0.3 is 14.4 Å². The third-order valence-electron chi connectivity index (χ3n) is 3.36. The van der Waals surface area contributed by atoms with Gasteiger partial charge in [-0.25, -0.2) is 4.79 Å². The largest absolute Gasteiger partial charge is 0.490 e. The van der Waals surface area contributed by atoms with Crippen molar-refractivity contribution < 1.29 is 14.3 Å². The smallest absolute Gasteiger partial charge is 0.410 e. The zero-order valence-electron chi connectivity index (χ0n) is 12.9. The van der Waals surface area contributed by atoms with Crippen LogP contribution in [0.2, 0.25) is 5.02 Å². The Hall–Kier alpha value is -1.42. The van der Waals surface area contributed by atoms with Gasteiger partial charge in [-0.3, -0.25) is 0 Å². The second kappa shape index (κ2) is 6.14. The molecule has 1 unspecified atom stereocenters. The monoisotopic (exact) mass is 311 g/mol. The van der Waals surface area contributed by atoms with Gasteiger partial charge in [0, 0.05) is 24.0 Å². The number of benzene rings is 1. The number of hydrogen-bond acceptors (Lipinski definition) is 3. The summed E-state index contributed by atoms with van der Waals surface area (Å²) in [6.07, 6.45) is -0.206. The van der Waals surface area contributed by atoms with Crippen LogP contribution in [0.25, 0.3) is 0 Å². The van der Waals surface area contributed by atoms with Crippen LogP contribution in [0.4, 0.5) is 4.79 Å². The van der Waals surface area contributed by atoms with Crippen molar-refractivity contribution in [3.8, 4) is 5.75 Å². The lowest BCUT2D eigenvalue weighted by Gasteiger charge is -2.42. The lowest BCUT2D eigenvalue weighted by molar-refractivity contribution is -0.0212. The average Bonchev–Trinajstić information content (AvgIpc) is 2.27. The molecule has 0 N–H and O–H groups in total. The molecule has 116 valence electrons. The van der Waals surface area contributed by atoms with Crippen LogP contribution in [0.3, 0.4) is 0 Å². The maximum atomic E-state index is 11.9. The number of likely N-dealkylation sites (tertiary alicyclic amines) is 1. The Morgan fingerprint density at radius 2 is 1.86 bits per heavy atom. The van der Waals surface area contributed by atoms with Crippen LogP contribution in [-0.4, -0.2) is 35.8 Å². The summed E-state index contributed by atoms with van der Waals surface area (Å²) in [5, 5.41) is 0.690. The van der Waals surface area contributed by atoms with Gasteiger partial charge in [0.1, 0.15) is 17.5 Å². The second-order valence-corrected chi connectivity index (χ2v) is 6.86. The Kier molecular flexibility index (Phi) is 4.67. The van der Waals surface area contributed by atoms with Crippen LogP contribution >= 0.6 is 11.6 Å². The molecular formula is C16H22ClNO3. The van der Waals surface area contributed by atoms with Gasteiger partial charge in [0.2, 0.25) is 0 Å². The molecule has 1 amide bonds. The number of hydrogen-bond donors (Lipinski definition) is 0. The molecule has 21 heavy (non-hydrogen) atoms. The molecule has 1 atom stereocenters. The van der Waals surface area contributed by atoms with Crippen molar-refractivity contribution in [2.75, 3.05) is 13.1 Å². The molecule has 1 aromatic carbocycles. The van der Waals surface area contributed by atoms with Gasteiger partial charge in [-0.1, -0.05) is 11.6 Å². The molecule has 0 bridgehead atoms. The van der Waals surface area contributed by atoms with Crippen molar-refractivity contribution in [1.82, 2.24) is 4.90 Å². The quantitative estimate of drug-likeness (QED) is 0.847. The lowest BCUT2D eigenvalue weighted by atomic mass is 9.95.